The summed E-state index contributed by atoms with van der Waals surface area (Å²) in [6.07, 6.45) is -4.71. The van der Waals surface area contributed by atoms with Crippen molar-refractivity contribution in [1.82, 2.24) is 0 Å². The van der Waals surface area contributed by atoms with Gasteiger partial charge in [-0.2, -0.15) is 0 Å². The van der Waals surface area contributed by atoms with Crippen molar-refractivity contribution in [2.75, 3.05) is 13.0 Å². The molecule has 0 N–H and O–H groups in total. The van der Waals surface area contributed by atoms with Gasteiger partial charge in [-0.1, -0.05) is 0 Å². The van der Waals surface area contributed by atoms with E-state index in [1.54, 1.807) is 0 Å². The lowest BCUT2D eigenvalue weighted by Gasteiger charge is -2.13. The second-order valence-corrected chi connectivity index (χ2v) is 3.65. The van der Waals surface area contributed by atoms with Crippen molar-refractivity contribution in [2.45, 2.75) is 12.8 Å². The van der Waals surface area contributed by atoms with Crippen LogP contribution in [0.5, 0.6) is 11.5 Å². The SMILES string of the molecule is COc1cc(C(=O)CCCl)ccc1OC(F)(F)F. The molecule has 1 rings (SSSR count). The third-order valence-electron chi connectivity index (χ3n) is 2.03. The largest absolute Gasteiger partial charge is 0.573 e. The Labute approximate surface area is 106 Å². The van der Waals surface area contributed by atoms with Gasteiger partial charge in [0.25, 0.3) is 0 Å². The number of rotatable bonds is 5. The molecular weight excluding hydrogens is 273 g/mol. The van der Waals surface area contributed by atoms with Gasteiger partial charge in [-0.3, -0.25) is 4.79 Å². The number of ether oxygens (including phenoxy) is 2. The van der Waals surface area contributed by atoms with Gasteiger partial charge in [0.1, 0.15) is 0 Å². The zero-order valence-electron chi connectivity index (χ0n) is 9.38. The fourth-order valence-electron chi connectivity index (χ4n) is 1.28. The van der Waals surface area contributed by atoms with Gasteiger partial charge in [0.05, 0.1) is 7.11 Å². The number of alkyl halides is 4. The molecule has 100 valence electrons. The highest BCUT2D eigenvalue weighted by Gasteiger charge is 2.32. The Hall–Kier alpha value is -1.43. The van der Waals surface area contributed by atoms with Gasteiger partial charge in [0.2, 0.25) is 0 Å². The minimum Gasteiger partial charge on any atom is -0.493 e. The Morgan fingerprint density at radius 1 is 1.33 bits per heavy atom. The van der Waals surface area contributed by atoms with Gasteiger partial charge < -0.3 is 9.47 Å². The Kier molecular flexibility index (Phi) is 4.84. The number of benzene rings is 1. The number of carbonyl (C=O) groups excluding carboxylic acids is 1. The maximum absolute atomic E-state index is 12.1. The van der Waals surface area contributed by atoms with Gasteiger partial charge in [-0.15, -0.1) is 24.8 Å². The fourth-order valence-corrected chi connectivity index (χ4v) is 1.45. The molecule has 1 aromatic carbocycles. The van der Waals surface area contributed by atoms with Gasteiger partial charge in [-0.05, 0) is 18.2 Å². The molecule has 0 aliphatic rings. The standard InChI is InChI=1S/C11H10ClF3O3/c1-17-10-6-7(8(16)4-5-12)2-3-9(10)18-11(13,14)15/h2-3,6H,4-5H2,1H3. The molecular formula is C11H10ClF3O3. The monoisotopic (exact) mass is 282 g/mol. The molecule has 0 spiro atoms. The predicted octanol–water partition coefficient (Wildman–Crippen LogP) is 3.41. The van der Waals surface area contributed by atoms with Crippen LogP contribution in [0.2, 0.25) is 0 Å². The lowest BCUT2D eigenvalue weighted by Crippen LogP contribution is -2.17. The lowest BCUT2D eigenvalue weighted by molar-refractivity contribution is -0.275. The van der Waals surface area contributed by atoms with Crippen molar-refractivity contribution in [3.05, 3.63) is 23.8 Å². The molecule has 0 aromatic heterocycles. The zero-order chi connectivity index (χ0) is 13.8. The van der Waals surface area contributed by atoms with Crippen LogP contribution in [0.25, 0.3) is 0 Å². The van der Waals surface area contributed by atoms with Gasteiger partial charge in [-0.25, -0.2) is 0 Å². The molecule has 0 heterocycles. The molecule has 0 saturated heterocycles. The molecule has 3 nitrogen and oxygen atoms in total. The van der Waals surface area contributed by atoms with Gasteiger partial charge >= 0.3 is 6.36 Å². The third kappa shape index (κ3) is 4.10. The number of Topliss-reactive ketones (excluding diaryl/α,β-unsaturated/α-hetero) is 1. The number of ketones is 1. The first-order chi connectivity index (χ1) is 8.37. The van der Waals surface area contributed by atoms with Crippen molar-refractivity contribution in [1.29, 1.82) is 0 Å². The number of methoxy groups -OCH3 is 1. The Bertz CT molecular complexity index is 432. The second kappa shape index (κ2) is 5.95. The molecule has 0 saturated carbocycles. The highest BCUT2D eigenvalue weighted by Crippen LogP contribution is 2.33. The van der Waals surface area contributed by atoms with Crippen molar-refractivity contribution in [3.63, 3.8) is 0 Å². The summed E-state index contributed by atoms with van der Waals surface area (Å²) in [4.78, 5) is 11.5. The number of hydrogen-bond donors (Lipinski definition) is 0. The van der Waals surface area contributed by atoms with E-state index in [1.807, 2.05) is 0 Å². The molecule has 0 amide bonds. The first-order valence-corrected chi connectivity index (χ1v) is 5.44. The van der Waals surface area contributed by atoms with E-state index >= 15 is 0 Å². The zero-order valence-corrected chi connectivity index (χ0v) is 10.1. The average Bonchev–Trinajstić information content (AvgIpc) is 2.27. The number of carbonyl (C=O) groups is 1. The molecule has 0 radical (unpaired) electrons. The number of hydrogen-bond acceptors (Lipinski definition) is 3. The molecule has 0 aliphatic heterocycles. The van der Waals surface area contributed by atoms with E-state index in [-0.39, 0.29) is 29.4 Å². The lowest BCUT2D eigenvalue weighted by atomic mass is 10.1. The quantitative estimate of drug-likeness (QED) is 0.613. The van der Waals surface area contributed by atoms with Crippen LogP contribution < -0.4 is 9.47 Å². The van der Waals surface area contributed by atoms with Crippen LogP contribution >= 0.6 is 11.6 Å². The van der Waals surface area contributed by atoms with E-state index in [4.69, 9.17) is 16.3 Å². The Balaban J connectivity index is 3.00. The summed E-state index contributed by atoms with van der Waals surface area (Å²) in [6.45, 7) is 0. The highest BCUT2D eigenvalue weighted by atomic mass is 35.5. The molecule has 1 aromatic rings. The highest BCUT2D eigenvalue weighted by molar-refractivity contribution is 6.19. The maximum atomic E-state index is 12.1. The summed E-state index contributed by atoms with van der Waals surface area (Å²) >= 11 is 5.41. The summed E-state index contributed by atoms with van der Waals surface area (Å²) in [7, 11) is 1.19. The van der Waals surface area contributed by atoms with Crippen molar-refractivity contribution < 1.29 is 27.4 Å². The van der Waals surface area contributed by atoms with E-state index in [2.05, 4.69) is 4.74 Å². The van der Waals surface area contributed by atoms with Crippen LogP contribution in [0.3, 0.4) is 0 Å². The van der Waals surface area contributed by atoms with Crippen LogP contribution in [-0.4, -0.2) is 25.1 Å². The summed E-state index contributed by atoms with van der Waals surface area (Å²) in [5.74, 6) is -0.788. The van der Waals surface area contributed by atoms with Gasteiger partial charge in [0.15, 0.2) is 17.3 Å². The Morgan fingerprint density at radius 3 is 2.50 bits per heavy atom. The fraction of sp³-hybridized carbons (Fsp3) is 0.364. The van der Waals surface area contributed by atoms with Crippen LogP contribution in [0.15, 0.2) is 18.2 Å². The van der Waals surface area contributed by atoms with Crippen LogP contribution in [0.4, 0.5) is 13.2 Å². The minimum absolute atomic E-state index is 0.101. The van der Waals surface area contributed by atoms with Gasteiger partial charge in [0, 0.05) is 17.9 Å². The first kappa shape index (κ1) is 14.6. The number of halogens is 4. The predicted molar refractivity (Wildman–Crippen MR) is 59.3 cm³/mol. The molecule has 0 unspecified atom stereocenters. The Morgan fingerprint density at radius 2 is 2.00 bits per heavy atom. The summed E-state index contributed by atoms with van der Waals surface area (Å²) in [5, 5.41) is 0. The molecule has 0 fully saturated rings. The normalized spacial score (nSPS) is 11.2. The average molecular weight is 283 g/mol. The second-order valence-electron chi connectivity index (χ2n) is 3.28. The minimum atomic E-state index is -4.81. The van der Waals surface area contributed by atoms with Crippen LogP contribution in [-0.2, 0) is 0 Å². The maximum Gasteiger partial charge on any atom is 0.573 e. The third-order valence-corrected chi connectivity index (χ3v) is 2.22. The smallest absolute Gasteiger partial charge is 0.493 e. The molecule has 0 aliphatic carbocycles. The summed E-state index contributed by atoms with van der Waals surface area (Å²) in [6, 6.07) is 3.46. The van der Waals surface area contributed by atoms with E-state index in [0.717, 1.165) is 6.07 Å². The van der Waals surface area contributed by atoms with E-state index < -0.39 is 12.1 Å². The molecule has 0 bridgehead atoms. The topological polar surface area (TPSA) is 35.5 Å². The first-order valence-electron chi connectivity index (χ1n) is 4.90. The van der Waals surface area contributed by atoms with E-state index in [0.29, 0.717) is 0 Å². The summed E-state index contributed by atoms with van der Waals surface area (Å²) in [5.41, 5.74) is 0.224. The van der Waals surface area contributed by atoms with Crippen molar-refractivity contribution >= 4 is 17.4 Å². The van der Waals surface area contributed by atoms with Crippen LogP contribution in [0, 0.1) is 0 Å². The van der Waals surface area contributed by atoms with Crippen molar-refractivity contribution in [2.24, 2.45) is 0 Å². The molecule has 7 heteroatoms. The van der Waals surface area contributed by atoms with E-state index in [1.165, 1.54) is 19.2 Å². The molecule has 18 heavy (non-hydrogen) atoms. The van der Waals surface area contributed by atoms with Crippen molar-refractivity contribution in [3.8, 4) is 11.5 Å². The summed E-state index contributed by atoms with van der Waals surface area (Å²) < 4.78 is 44.7. The molecule has 0 atom stereocenters. The van der Waals surface area contributed by atoms with E-state index in [9.17, 15) is 18.0 Å². The van der Waals surface area contributed by atoms with Crippen LogP contribution in [0.1, 0.15) is 16.8 Å².